The van der Waals surface area contributed by atoms with Gasteiger partial charge in [-0.3, -0.25) is 9.89 Å². The highest BCUT2D eigenvalue weighted by Crippen LogP contribution is 2.44. The first kappa shape index (κ1) is 15.9. The van der Waals surface area contributed by atoms with E-state index in [1.807, 2.05) is 17.6 Å². The lowest BCUT2D eigenvalue weighted by Gasteiger charge is -2.40. The van der Waals surface area contributed by atoms with Gasteiger partial charge in [-0.2, -0.15) is 5.10 Å². The zero-order chi connectivity index (χ0) is 16.4. The number of carbonyl (C=O) groups is 1. The monoisotopic (exact) mass is 334 g/mol. The van der Waals surface area contributed by atoms with Crippen molar-refractivity contribution in [3.05, 3.63) is 46.2 Å². The van der Waals surface area contributed by atoms with Gasteiger partial charge in [-0.05, 0) is 49.7 Å². The summed E-state index contributed by atoms with van der Waals surface area (Å²) >= 11 is 5.14. The van der Waals surface area contributed by atoms with E-state index in [1.54, 1.807) is 6.07 Å². The molecule has 0 saturated heterocycles. The molecular weight excluding hydrogens is 315 g/mol. The Morgan fingerprint density at radius 2 is 2.30 bits per heavy atom. The standard InChI is InChI=1S/C16H19FN4OS/c1-2-21-13(19-20-15(21)23)10-18-14(22)16(7-4-8-16)11-5-3-6-12(17)9-11/h3,5-6,9H,2,4,7-8,10H2,1H3,(H,18,22)(H,20,23). The van der Waals surface area contributed by atoms with Crippen molar-refractivity contribution in [2.24, 2.45) is 0 Å². The molecule has 7 heteroatoms. The number of amides is 1. The summed E-state index contributed by atoms with van der Waals surface area (Å²) in [6, 6.07) is 6.33. The van der Waals surface area contributed by atoms with Crippen LogP contribution in [0.3, 0.4) is 0 Å². The van der Waals surface area contributed by atoms with Crippen LogP contribution < -0.4 is 5.32 Å². The molecule has 23 heavy (non-hydrogen) atoms. The van der Waals surface area contributed by atoms with E-state index >= 15 is 0 Å². The molecule has 1 aromatic heterocycles. The van der Waals surface area contributed by atoms with Crippen molar-refractivity contribution in [1.29, 1.82) is 0 Å². The molecule has 3 rings (SSSR count). The van der Waals surface area contributed by atoms with E-state index < -0.39 is 5.41 Å². The van der Waals surface area contributed by atoms with Crippen molar-refractivity contribution < 1.29 is 9.18 Å². The van der Waals surface area contributed by atoms with Crippen LogP contribution in [0, 0.1) is 10.6 Å². The minimum Gasteiger partial charge on any atom is -0.348 e. The Hall–Kier alpha value is -2.02. The molecule has 2 aromatic rings. The summed E-state index contributed by atoms with van der Waals surface area (Å²) in [5, 5.41) is 9.81. The minimum atomic E-state index is -0.619. The number of aromatic amines is 1. The number of benzene rings is 1. The van der Waals surface area contributed by atoms with Crippen molar-refractivity contribution in [2.75, 3.05) is 0 Å². The van der Waals surface area contributed by atoms with Gasteiger partial charge in [-0.1, -0.05) is 18.6 Å². The predicted octanol–water partition coefficient (Wildman–Crippen LogP) is 2.84. The molecule has 0 radical (unpaired) electrons. The van der Waals surface area contributed by atoms with Gasteiger partial charge in [0.1, 0.15) is 5.82 Å². The molecule has 1 aliphatic carbocycles. The van der Waals surface area contributed by atoms with Gasteiger partial charge < -0.3 is 9.88 Å². The molecule has 1 aliphatic rings. The zero-order valence-corrected chi connectivity index (χ0v) is 13.8. The van der Waals surface area contributed by atoms with Crippen LogP contribution in [0.2, 0.25) is 0 Å². The van der Waals surface area contributed by atoms with Crippen LogP contribution in [0.15, 0.2) is 24.3 Å². The van der Waals surface area contributed by atoms with E-state index in [1.165, 1.54) is 12.1 Å². The molecule has 0 bridgehead atoms. The molecule has 1 saturated carbocycles. The van der Waals surface area contributed by atoms with Crippen molar-refractivity contribution >= 4 is 18.1 Å². The quantitative estimate of drug-likeness (QED) is 0.827. The van der Waals surface area contributed by atoms with Crippen LogP contribution in [0.25, 0.3) is 0 Å². The summed E-state index contributed by atoms with van der Waals surface area (Å²) in [5.74, 6) is 0.305. The fraction of sp³-hybridized carbons (Fsp3) is 0.438. The number of nitrogens with one attached hydrogen (secondary N) is 2. The number of carbonyl (C=O) groups excluding carboxylic acids is 1. The number of H-pyrrole nitrogens is 1. The first-order valence-corrected chi connectivity index (χ1v) is 8.16. The van der Waals surface area contributed by atoms with E-state index in [9.17, 15) is 9.18 Å². The van der Waals surface area contributed by atoms with Gasteiger partial charge in [0, 0.05) is 6.54 Å². The third-order valence-corrected chi connectivity index (χ3v) is 4.89. The maximum Gasteiger partial charge on any atom is 0.231 e. The smallest absolute Gasteiger partial charge is 0.231 e. The maximum absolute atomic E-state index is 13.5. The average Bonchev–Trinajstić information content (AvgIpc) is 2.84. The third kappa shape index (κ3) is 2.81. The topological polar surface area (TPSA) is 62.7 Å². The van der Waals surface area contributed by atoms with E-state index in [2.05, 4.69) is 15.5 Å². The normalized spacial score (nSPS) is 15.9. The largest absolute Gasteiger partial charge is 0.348 e. The fourth-order valence-corrected chi connectivity index (χ4v) is 3.38. The van der Waals surface area contributed by atoms with Crippen LogP contribution in [-0.4, -0.2) is 20.7 Å². The summed E-state index contributed by atoms with van der Waals surface area (Å²) in [6.45, 7) is 2.96. The van der Waals surface area contributed by atoms with E-state index in [4.69, 9.17) is 12.2 Å². The molecule has 0 atom stereocenters. The zero-order valence-electron chi connectivity index (χ0n) is 12.9. The molecule has 1 aromatic carbocycles. The van der Waals surface area contributed by atoms with Gasteiger partial charge in [-0.15, -0.1) is 0 Å². The fourth-order valence-electron chi connectivity index (χ4n) is 3.10. The predicted molar refractivity (Wildman–Crippen MR) is 86.9 cm³/mol. The van der Waals surface area contributed by atoms with E-state index in [-0.39, 0.29) is 11.7 Å². The Kier molecular flexibility index (Phi) is 4.30. The second-order valence-corrected chi connectivity index (χ2v) is 6.20. The molecule has 0 spiro atoms. The number of nitrogens with zero attached hydrogens (tertiary/aromatic N) is 2. The lowest BCUT2D eigenvalue weighted by atomic mass is 9.64. The summed E-state index contributed by atoms with van der Waals surface area (Å²) < 4.78 is 15.9. The summed E-state index contributed by atoms with van der Waals surface area (Å²) in [7, 11) is 0. The molecule has 2 N–H and O–H groups in total. The van der Waals surface area contributed by atoms with E-state index in [0.717, 1.165) is 24.8 Å². The molecular formula is C16H19FN4OS. The molecule has 1 amide bonds. The number of hydrogen-bond acceptors (Lipinski definition) is 3. The number of aromatic nitrogens is 3. The minimum absolute atomic E-state index is 0.0779. The highest BCUT2D eigenvalue weighted by atomic mass is 32.1. The first-order chi connectivity index (χ1) is 11.1. The lowest BCUT2D eigenvalue weighted by molar-refractivity contribution is -0.130. The Morgan fingerprint density at radius 3 is 2.91 bits per heavy atom. The highest BCUT2D eigenvalue weighted by Gasteiger charge is 2.45. The molecule has 0 aliphatic heterocycles. The van der Waals surface area contributed by atoms with Gasteiger partial charge in [0.25, 0.3) is 0 Å². The van der Waals surface area contributed by atoms with Crippen LogP contribution in [0.5, 0.6) is 0 Å². The van der Waals surface area contributed by atoms with Crippen LogP contribution in [-0.2, 0) is 23.3 Å². The summed E-state index contributed by atoms with van der Waals surface area (Å²) in [4.78, 5) is 12.7. The maximum atomic E-state index is 13.5. The van der Waals surface area contributed by atoms with Crippen LogP contribution in [0.1, 0.15) is 37.6 Å². The Morgan fingerprint density at radius 1 is 1.52 bits per heavy atom. The highest BCUT2D eigenvalue weighted by molar-refractivity contribution is 7.71. The second kappa shape index (κ2) is 6.23. The van der Waals surface area contributed by atoms with Crippen molar-refractivity contribution in [3.8, 4) is 0 Å². The first-order valence-electron chi connectivity index (χ1n) is 7.75. The molecule has 0 unspecified atom stereocenters. The van der Waals surface area contributed by atoms with Gasteiger partial charge in [0.15, 0.2) is 10.6 Å². The Bertz CT molecular complexity index is 778. The summed E-state index contributed by atoms with van der Waals surface area (Å²) in [6.07, 6.45) is 2.45. The number of halogens is 1. The SMILES string of the molecule is CCn1c(CNC(=O)C2(c3cccc(F)c3)CCC2)n[nH]c1=S. The average molecular weight is 334 g/mol. The molecule has 1 fully saturated rings. The molecule has 5 nitrogen and oxygen atoms in total. The third-order valence-electron chi connectivity index (χ3n) is 4.58. The van der Waals surface area contributed by atoms with Gasteiger partial charge in [0.05, 0.1) is 12.0 Å². The van der Waals surface area contributed by atoms with Gasteiger partial charge in [0.2, 0.25) is 5.91 Å². The van der Waals surface area contributed by atoms with Crippen molar-refractivity contribution in [2.45, 2.75) is 44.7 Å². The number of hydrogen-bond donors (Lipinski definition) is 2. The number of rotatable bonds is 5. The molecule has 1 heterocycles. The van der Waals surface area contributed by atoms with Crippen LogP contribution in [0.4, 0.5) is 4.39 Å². The molecule has 122 valence electrons. The second-order valence-electron chi connectivity index (χ2n) is 5.82. The Balaban J connectivity index is 1.77. The van der Waals surface area contributed by atoms with Crippen molar-refractivity contribution in [3.63, 3.8) is 0 Å². The van der Waals surface area contributed by atoms with E-state index in [0.29, 0.717) is 23.7 Å². The van der Waals surface area contributed by atoms with Gasteiger partial charge >= 0.3 is 0 Å². The Labute approximate surface area is 138 Å². The summed E-state index contributed by atoms with van der Waals surface area (Å²) in [5.41, 5.74) is 0.127. The van der Waals surface area contributed by atoms with Crippen LogP contribution >= 0.6 is 12.2 Å². The van der Waals surface area contributed by atoms with Gasteiger partial charge in [-0.25, -0.2) is 4.39 Å². The lowest BCUT2D eigenvalue weighted by Crippen LogP contribution is -2.49. The van der Waals surface area contributed by atoms with Crippen molar-refractivity contribution in [1.82, 2.24) is 20.1 Å².